The Kier molecular flexibility index (Phi) is 2.99. The second-order valence-corrected chi connectivity index (χ2v) is 4.00. The Bertz CT molecular complexity index is 390. The van der Waals surface area contributed by atoms with Crippen molar-refractivity contribution in [3.63, 3.8) is 0 Å². The minimum Gasteiger partial charge on any atom is -0.491 e. The molecule has 1 aliphatic rings. The van der Waals surface area contributed by atoms with E-state index < -0.39 is 0 Å². The number of carbonyl (C=O) groups excluding carboxylic acids is 1. The fourth-order valence-corrected chi connectivity index (χ4v) is 1.68. The van der Waals surface area contributed by atoms with Crippen LogP contribution in [0.15, 0.2) is 24.3 Å². The van der Waals surface area contributed by atoms with Crippen LogP contribution in [-0.4, -0.2) is 18.8 Å². The Balaban J connectivity index is 2.22. The Morgan fingerprint density at radius 3 is 2.81 bits per heavy atom. The van der Waals surface area contributed by atoms with Gasteiger partial charge < -0.3 is 14.8 Å². The van der Waals surface area contributed by atoms with Gasteiger partial charge >= 0.3 is 6.09 Å². The molecule has 1 aromatic rings. The van der Waals surface area contributed by atoms with Gasteiger partial charge in [-0.25, -0.2) is 4.79 Å². The molecule has 4 heteroatoms. The van der Waals surface area contributed by atoms with Crippen molar-refractivity contribution in [2.75, 3.05) is 6.61 Å². The van der Waals surface area contributed by atoms with Crippen LogP contribution in [0.2, 0.25) is 0 Å². The summed E-state index contributed by atoms with van der Waals surface area (Å²) in [5, 5.41) is 2.74. The number of ether oxygens (including phenoxy) is 2. The molecule has 1 fully saturated rings. The van der Waals surface area contributed by atoms with Gasteiger partial charge in [-0.1, -0.05) is 18.2 Å². The van der Waals surface area contributed by atoms with Crippen molar-refractivity contribution in [3.05, 3.63) is 29.8 Å². The number of nitrogens with one attached hydrogen (secondary N) is 1. The third-order valence-electron chi connectivity index (χ3n) is 2.33. The van der Waals surface area contributed by atoms with E-state index in [-0.39, 0.29) is 18.2 Å². The average molecular weight is 221 g/mol. The van der Waals surface area contributed by atoms with Crippen molar-refractivity contribution < 1.29 is 14.3 Å². The summed E-state index contributed by atoms with van der Waals surface area (Å²) in [4.78, 5) is 11.0. The van der Waals surface area contributed by atoms with Crippen molar-refractivity contribution in [2.45, 2.75) is 26.0 Å². The largest absolute Gasteiger partial charge is 0.491 e. The first-order chi connectivity index (χ1) is 7.66. The lowest BCUT2D eigenvalue weighted by molar-refractivity contribution is 0.176. The van der Waals surface area contributed by atoms with Crippen molar-refractivity contribution in [1.29, 1.82) is 0 Å². The van der Waals surface area contributed by atoms with E-state index in [1.807, 2.05) is 38.1 Å². The predicted molar refractivity (Wildman–Crippen MR) is 59.4 cm³/mol. The molecular weight excluding hydrogens is 206 g/mol. The van der Waals surface area contributed by atoms with Crippen molar-refractivity contribution >= 4 is 6.09 Å². The van der Waals surface area contributed by atoms with Crippen LogP contribution >= 0.6 is 0 Å². The summed E-state index contributed by atoms with van der Waals surface area (Å²) in [5.74, 6) is 0.799. The van der Waals surface area contributed by atoms with Crippen molar-refractivity contribution in [3.8, 4) is 5.75 Å². The molecule has 0 radical (unpaired) electrons. The van der Waals surface area contributed by atoms with Gasteiger partial charge in [-0.15, -0.1) is 0 Å². The number of rotatable bonds is 3. The number of hydrogen-bond acceptors (Lipinski definition) is 3. The van der Waals surface area contributed by atoms with Gasteiger partial charge in [0, 0.05) is 5.56 Å². The smallest absolute Gasteiger partial charge is 0.407 e. The molecule has 1 saturated heterocycles. The van der Waals surface area contributed by atoms with Crippen LogP contribution in [0.1, 0.15) is 25.5 Å². The molecule has 86 valence electrons. The highest BCUT2D eigenvalue weighted by atomic mass is 16.6. The molecule has 16 heavy (non-hydrogen) atoms. The number of hydrogen-bond donors (Lipinski definition) is 1. The molecule has 0 aliphatic carbocycles. The monoisotopic (exact) mass is 221 g/mol. The molecule has 1 aromatic carbocycles. The maximum absolute atomic E-state index is 11.0. The Morgan fingerprint density at radius 2 is 2.19 bits per heavy atom. The normalized spacial score (nSPS) is 19.4. The molecule has 0 aromatic heterocycles. The van der Waals surface area contributed by atoms with E-state index in [1.165, 1.54) is 0 Å². The fourth-order valence-electron chi connectivity index (χ4n) is 1.68. The predicted octanol–water partition coefficient (Wildman–Crippen LogP) is 2.25. The molecule has 4 nitrogen and oxygen atoms in total. The minimum atomic E-state index is -0.371. The molecule has 1 N–H and O–H groups in total. The van der Waals surface area contributed by atoms with E-state index >= 15 is 0 Å². The molecule has 2 rings (SSSR count). The van der Waals surface area contributed by atoms with Crippen LogP contribution in [0.4, 0.5) is 4.79 Å². The zero-order valence-corrected chi connectivity index (χ0v) is 9.40. The molecule has 0 bridgehead atoms. The van der Waals surface area contributed by atoms with E-state index in [2.05, 4.69) is 5.32 Å². The summed E-state index contributed by atoms with van der Waals surface area (Å²) >= 11 is 0. The highest BCUT2D eigenvalue weighted by molar-refractivity contribution is 5.70. The topological polar surface area (TPSA) is 47.6 Å². The van der Waals surface area contributed by atoms with Gasteiger partial charge in [-0.2, -0.15) is 0 Å². The fraction of sp³-hybridized carbons (Fsp3) is 0.417. The minimum absolute atomic E-state index is 0.109. The number of alkyl carbamates (subject to hydrolysis) is 1. The van der Waals surface area contributed by atoms with Gasteiger partial charge in [0.15, 0.2) is 0 Å². The number of benzene rings is 1. The molecule has 0 spiro atoms. The SMILES string of the molecule is CC(C)Oc1ccccc1[C@@H]1COC(=O)N1. The van der Waals surface area contributed by atoms with E-state index in [0.29, 0.717) is 6.61 Å². The highest BCUT2D eigenvalue weighted by Crippen LogP contribution is 2.28. The molecule has 1 amide bonds. The number of carbonyl (C=O) groups is 1. The molecule has 1 aliphatic heterocycles. The molecule has 0 saturated carbocycles. The van der Waals surface area contributed by atoms with Crippen molar-refractivity contribution in [2.24, 2.45) is 0 Å². The summed E-state index contributed by atoms with van der Waals surface area (Å²) in [6.07, 6.45) is -0.261. The summed E-state index contributed by atoms with van der Waals surface area (Å²) in [5.41, 5.74) is 0.960. The Labute approximate surface area is 94.6 Å². The van der Waals surface area contributed by atoms with Gasteiger partial charge in [0.1, 0.15) is 12.4 Å². The lowest BCUT2D eigenvalue weighted by Gasteiger charge is -2.16. The second kappa shape index (κ2) is 4.43. The summed E-state index contributed by atoms with van der Waals surface area (Å²) < 4.78 is 10.6. The lowest BCUT2D eigenvalue weighted by atomic mass is 10.1. The van der Waals surface area contributed by atoms with Crippen molar-refractivity contribution in [1.82, 2.24) is 5.32 Å². The first kappa shape index (κ1) is 10.8. The average Bonchev–Trinajstić information content (AvgIpc) is 2.65. The zero-order chi connectivity index (χ0) is 11.5. The molecular formula is C12H15NO3. The maximum atomic E-state index is 11.0. The molecule has 1 heterocycles. The molecule has 0 unspecified atom stereocenters. The first-order valence-electron chi connectivity index (χ1n) is 5.35. The third kappa shape index (κ3) is 2.27. The third-order valence-corrected chi connectivity index (χ3v) is 2.33. The van der Waals surface area contributed by atoms with Crippen LogP contribution in [0, 0.1) is 0 Å². The Hall–Kier alpha value is -1.71. The van der Waals surface area contributed by atoms with Crippen LogP contribution in [0.5, 0.6) is 5.75 Å². The van der Waals surface area contributed by atoms with Gasteiger partial charge in [-0.3, -0.25) is 0 Å². The van der Waals surface area contributed by atoms with Crippen LogP contribution in [0.3, 0.4) is 0 Å². The van der Waals surface area contributed by atoms with E-state index in [1.54, 1.807) is 0 Å². The summed E-state index contributed by atoms with van der Waals surface area (Å²) in [6.45, 7) is 4.30. The van der Waals surface area contributed by atoms with Crippen LogP contribution in [0.25, 0.3) is 0 Å². The quantitative estimate of drug-likeness (QED) is 0.851. The first-order valence-corrected chi connectivity index (χ1v) is 5.35. The van der Waals surface area contributed by atoms with Gasteiger partial charge in [-0.05, 0) is 19.9 Å². The summed E-state index contributed by atoms with van der Waals surface area (Å²) in [7, 11) is 0. The van der Waals surface area contributed by atoms with E-state index in [4.69, 9.17) is 9.47 Å². The highest BCUT2D eigenvalue weighted by Gasteiger charge is 2.26. The zero-order valence-electron chi connectivity index (χ0n) is 9.40. The van der Waals surface area contributed by atoms with Gasteiger partial charge in [0.2, 0.25) is 0 Å². The number of cyclic esters (lactones) is 1. The van der Waals surface area contributed by atoms with E-state index in [9.17, 15) is 4.79 Å². The maximum Gasteiger partial charge on any atom is 0.407 e. The number of amides is 1. The van der Waals surface area contributed by atoms with E-state index in [0.717, 1.165) is 11.3 Å². The number of para-hydroxylation sites is 1. The van der Waals surface area contributed by atoms with Gasteiger partial charge in [0.05, 0.1) is 12.1 Å². The van der Waals surface area contributed by atoms with Crippen LogP contribution in [-0.2, 0) is 4.74 Å². The second-order valence-electron chi connectivity index (χ2n) is 4.00. The summed E-state index contributed by atoms with van der Waals surface area (Å²) in [6, 6.07) is 7.57. The van der Waals surface area contributed by atoms with Gasteiger partial charge in [0.25, 0.3) is 0 Å². The molecule has 1 atom stereocenters. The lowest BCUT2D eigenvalue weighted by Crippen LogP contribution is -2.19. The Morgan fingerprint density at radius 1 is 1.44 bits per heavy atom. The van der Waals surface area contributed by atoms with Crippen LogP contribution < -0.4 is 10.1 Å². The standard InChI is InChI=1S/C12H15NO3/c1-8(2)16-11-6-4-3-5-9(11)10-7-15-12(14)13-10/h3-6,8,10H,7H2,1-2H3,(H,13,14)/t10-/m0/s1.